The Labute approximate surface area is 138 Å². The number of aryl methyl sites for hydroxylation is 1. The summed E-state index contributed by atoms with van der Waals surface area (Å²) in [6.07, 6.45) is 3.71. The molecule has 2 rings (SSSR count). The first-order valence-electron chi connectivity index (χ1n) is 6.80. The highest BCUT2D eigenvalue weighted by molar-refractivity contribution is 8.13. The summed E-state index contributed by atoms with van der Waals surface area (Å²) in [7, 11) is 1.53. The van der Waals surface area contributed by atoms with Gasteiger partial charge in [-0.25, -0.2) is 8.42 Å². The number of anilines is 1. The summed E-state index contributed by atoms with van der Waals surface area (Å²) < 4.78 is 27.5. The van der Waals surface area contributed by atoms with Crippen molar-refractivity contribution in [2.24, 2.45) is 0 Å². The van der Waals surface area contributed by atoms with E-state index in [-0.39, 0.29) is 10.8 Å². The molecule has 8 heteroatoms. The third kappa shape index (κ3) is 4.43. The van der Waals surface area contributed by atoms with Crippen LogP contribution in [0.4, 0.5) is 5.69 Å². The van der Waals surface area contributed by atoms with Crippen LogP contribution in [0.1, 0.15) is 30.4 Å². The Morgan fingerprint density at radius 1 is 1.30 bits per heavy atom. The molecule has 23 heavy (non-hydrogen) atoms. The van der Waals surface area contributed by atoms with E-state index in [2.05, 4.69) is 10.5 Å². The fourth-order valence-corrected chi connectivity index (χ4v) is 2.56. The molecule has 1 aromatic heterocycles. The second kappa shape index (κ2) is 6.97. The van der Waals surface area contributed by atoms with Crippen LogP contribution in [0.25, 0.3) is 12.2 Å². The first kappa shape index (κ1) is 17.2. The number of nitrogens with zero attached hydrogens (tertiary/aromatic N) is 1. The van der Waals surface area contributed by atoms with Gasteiger partial charge in [0.05, 0.1) is 4.90 Å². The van der Waals surface area contributed by atoms with Gasteiger partial charge in [0.2, 0.25) is 5.91 Å². The van der Waals surface area contributed by atoms with E-state index in [0.717, 1.165) is 5.56 Å². The molecule has 0 radical (unpaired) electrons. The molecule has 6 nitrogen and oxygen atoms in total. The van der Waals surface area contributed by atoms with Crippen molar-refractivity contribution in [1.29, 1.82) is 0 Å². The van der Waals surface area contributed by atoms with Gasteiger partial charge in [0.15, 0.2) is 5.76 Å². The van der Waals surface area contributed by atoms with Gasteiger partial charge in [0, 0.05) is 17.1 Å². The monoisotopic (exact) mass is 354 g/mol. The molecule has 0 aliphatic carbocycles. The van der Waals surface area contributed by atoms with Crippen molar-refractivity contribution in [2.75, 3.05) is 5.32 Å². The number of carbonyl (C=O) groups excluding carboxylic acids is 1. The second-order valence-electron chi connectivity index (χ2n) is 4.75. The molecular weight excluding hydrogens is 340 g/mol. The first-order valence-corrected chi connectivity index (χ1v) is 9.11. The Balaban J connectivity index is 2.22. The highest BCUT2D eigenvalue weighted by Gasteiger charge is 2.13. The molecule has 0 saturated heterocycles. The molecule has 0 aliphatic rings. The van der Waals surface area contributed by atoms with Crippen LogP contribution in [0.15, 0.2) is 33.7 Å². The van der Waals surface area contributed by atoms with Crippen LogP contribution in [-0.4, -0.2) is 19.5 Å². The smallest absolute Gasteiger partial charge is 0.261 e. The lowest BCUT2D eigenvalue weighted by atomic mass is 10.2. The van der Waals surface area contributed by atoms with E-state index < -0.39 is 9.05 Å². The summed E-state index contributed by atoms with van der Waals surface area (Å²) in [5.74, 6) is 0.279. The van der Waals surface area contributed by atoms with Crippen molar-refractivity contribution < 1.29 is 17.7 Å². The van der Waals surface area contributed by atoms with E-state index in [9.17, 15) is 13.2 Å². The topological polar surface area (TPSA) is 89.3 Å². The van der Waals surface area contributed by atoms with Crippen LogP contribution in [0.5, 0.6) is 0 Å². The van der Waals surface area contributed by atoms with Crippen LogP contribution in [0.2, 0.25) is 0 Å². The maximum Gasteiger partial charge on any atom is 0.261 e. The Morgan fingerprint density at radius 2 is 1.96 bits per heavy atom. The van der Waals surface area contributed by atoms with Gasteiger partial charge in [-0.3, -0.25) is 4.79 Å². The van der Waals surface area contributed by atoms with Crippen molar-refractivity contribution in [1.82, 2.24) is 5.16 Å². The summed E-state index contributed by atoms with van der Waals surface area (Å²) in [5, 5.41) is 6.56. The molecule has 122 valence electrons. The van der Waals surface area contributed by atoms with E-state index in [1.54, 1.807) is 38.1 Å². The highest BCUT2D eigenvalue weighted by Crippen LogP contribution is 2.23. The maximum atomic E-state index is 11.5. The van der Waals surface area contributed by atoms with Crippen LogP contribution in [0.3, 0.4) is 0 Å². The number of nitrogens with one attached hydrogen (secondary N) is 1. The number of hydrogen-bond acceptors (Lipinski definition) is 5. The van der Waals surface area contributed by atoms with Gasteiger partial charge in [-0.1, -0.05) is 30.3 Å². The third-order valence-corrected chi connectivity index (χ3v) is 4.43. The quantitative estimate of drug-likeness (QED) is 0.831. The number of halogens is 1. The molecule has 0 spiro atoms. The van der Waals surface area contributed by atoms with E-state index >= 15 is 0 Å². The standard InChI is InChI=1S/C15H15ClN2O4S/c1-3-14(19)17-15-10(2)18-22-13(15)9-6-11-4-7-12(8-5-11)23(16,20)21/h4-9H,3H2,1-2H3,(H,17,19)/b9-6+. The van der Waals surface area contributed by atoms with E-state index in [1.165, 1.54) is 12.1 Å². The molecule has 1 heterocycles. The zero-order chi connectivity index (χ0) is 17.0. The zero-order valence-electron chi connectivity index (χ0n) is 12.5. The molecule has 1 amide bonds. The van der Waals surface area contributed by atoms with Crippen LogP contribution in [0, 0.1) is 6.92 Å². The molecule has 0 saturated carbocycles. The first-order chi connectivity index (χ1) is 10.8. The SMILES string of the molecule is CCC(=O)Nc1c(C)noc1/C=C/c1ccc(S(=O)(=O)Cl)cc1. The predicted molar refractivity (Wildman–Crippen MR) is 88.6 cm³/mol. The van der Waals surface area contributed by atoms with Crippen molar-refractivity contribution in [2.45, 2.75) is 25.2 Å². The Hall–Kier alpha value is -2.12. The molecule has 2 aromatic rings. The molecule has 0 aliphatic heterocycles. The summed E-state index contributed by atoms with van der Waals surface area (Å²) in [6.45, 7) is 3.48. The Morgan fingerprint density at radius 3 is 2.52 bits per heavy atom. The number of hydrogen-bond donors (Lipinski definition) is 1. The minimum atomic E-state index is -3.73. The molecular formula is C15H15ClN2O4S. The van der Waals surface area contributed by atoms with Crippen LogP contribution in [-0.2, 0) is 13.8 Å². The number of amides is 1. The van der Waals surface area contributed by atoms with Gasteiger partial charge >= 0.3 is 0 Å². The largest absolute Gasteiger partial charge is 0.354 e. The predicted octanol–water partition coefficient (Wildman–Crippen LogP) is 3.43. The second-order valence-corrected chi connectivity index (χ2v) is 7.32. The minimum Gasteiger partial charge on any atom is -0.354 e. The summed E-state index contributed by atoms with van der Waals surface area (Å²) in [5.41, 5.74) is 1.85. The van der Waals surface area contributed by atoms with Crippen LogP contribution < -0.4 is 5.32 Å². The number of aromatic nitrogens is 1. The fraction of sp³-hybridized carbons (Fsp3) is 0.200. The fourth-order valence-electron chi connectivity index (χ4n) is 1.79. The average molecular weight is 355 g/mol. The summed E-state index contributed by atoms with van der Waals surface area (Å²) >= 11 is 0. The normalized spacial score (nSPS) is 11.8. The molecule has 1 aromatic carbocycles. The number of rotatable bonds is 5. The lowest BCUT2D eigenvalue weighted by molar-refractivity contribution is -0.115. The van der Waals surface area contributed by atoms with Gasteiger partial charge in [-0.15, -0.1) is 0 Å². The Kier molecular flexibility index (Phi) is 5.23. The van der Waals surface area contributed by atoms with Crippen molar-refractivity contribution in [3.05, 3.63) is 41.3 Å². The number of benzene rings is 1. The molecule has 0 atom stereocenters. The minimum absolute atomic E-state index is 0.0303. The molecule has 0 unspecified atom stereocenters. The molecule has 1 N–H and O–H groups in total. The molecule has 0 bridgehead atoms. The average Bonchev–Trinajstić information content (AvgIpc) is 2.85. The molecule has 0 fully saturated rings. The highest BCUT2D eigenvalue weighted by atomic mass is 35.7. The third-order valence-electron chi connectivity index (χ3n) is 3.06. The summed E-state index contributed by atoms with van der Waals surface area (Å²) in [6, 6.07) is 6.04. The summed E-state index contributed by atoms with van der Waals surface area (Å²) in [4.78, 5) is 11.5. The van der Waals surface area contributed by atoms with Crippen molar-refractivity contribution in [3.63, 3.8) is 0 Å². The lowest BCUT2D eigenvalue weighted by Crippen LogP contribution is -2.10. The van der Waals surface area contributed by atoms with Gasteiger partial charge in [-0.2, -0.15) is 0 Å². The van der Waals surface area contributed by atoms with Crippen LogP contribution >= 0.6 is 10.7 Å². The maximum absolute atomic E-state index is 11.5. The van der Waals surface area contributed by atoms with Gasteiger partial charge < -0.3 is 9.84 Å². The van der Waals surface area contributed by atoms with Gasteiger partial charge in [0.25, 0.3) is 9.05 Å². The van der Waals surface area contributed by atoms with Gasteiger partial charge in [-0.05, 0) is 30.7 Å². The lowest BCUT2D eigenvalue weighted by Gasteiger charge is -2.01. The van der Waals surface area contributed by atoms with Crippen molar-refractivity contribution >= 4 is 43.5 Å². The van der Waals surface area contributed by atoms with Gasteiger partial charge in [0.1, 0.15) is 11.4 Å². The van der Waals surface area contributed by atoms with Crippen molar-refractivity contribution in [3.8, 4) is 0 Å². The van der Waals surface area contributed by atoms with E-state index in [4.69, 9.17) is 15.2 Å². The zero-order valence-corrected chi connectivity index (χ0v) is 14.1. The van der Waals surface area contributed by atoms with E-state index in [1.807, 2.05) is 0 Å². The van der Waals surface area contributed by atoms with E-state index in [0.29, 0.717) is 23.6 Å². The Bertz CT molecular complexity index is 839. The number of carbonyl (C=O) groups is 1.